The van der Waals surface area contributed by atoms with Gasteiger partial charge in [0.15, 0.2) is 5.82 Å². The fourth-order valence-corrected chi connectivity index (χ4v) is 1.71. The standard InChI is InChI=1S/C11H14N4O3/c1-6(11(16)17)5-15-10(12-13-14-15)9-4-7(2)18-8(9)3/h4,6H,5H2,1-3H3,(H,16,17). The number of tetrazole rings is 1. The lowest BCUT2D eigenvalue weighted by molar-refractivity contribution is -0.141. The van der Waals surface area contributed by atoms with Crippen LogP contribution in [0.15, 0.2) is 10.5 Å². The van der Waals surface area contributed by atoms with Gasteiger partial charge in [-0.05, 0) is 30.3 Å². The van der Waals surface area contributed by atoms with Gasteiger partial charge in [-0.1, -0.05) is 6.92 Å². The van der Waals surface area contributed by atoms with Crippen LogP contribution >= 0.6 is 0 Å². The average Bonchev–Trinajstić information content (AvgIpc) is 2.85. The number of carboxylic acid groups (broad SMARTS) is 1. The van der Waals surface area contributed by atoms with Crippen molar-refractivity contribution in [2.24, 2.45) is 5.92 Å². The minimum absolute atomic E-state index is 0.224. The van der Waals surface area contributed by atoms with Gasteiger partial charge in [-0.15, -0.1) is 5.10 Å². The van der Waals surface area contributed by atoms with Crippen molar-refractivity contribution in [1.82, 2.24) is 20.2 Å². The summed E-state index contributed by atoms with van der Waals surface area (Å²) in [5, 5.41) is 20.2. The van der Waals surface area contributed by atoms with E-state index in [4.69, 9.17) is 9.52 Å². The SMILES string of the molecule is Cc1cc(-c2nnnn2CC(C)C(=O)O)c(C)o1. The van der Waals surface area contributed by atoms with Gasteiger partial charge < -0.3 is 9.52 Å². The monoisotopic (exact) mass is 250 g/mol. The van der Waals surface area contributed by atoms with Crippen LogP contribution in [0.1, 0.15) is 18.4 Å². The normalized spacial score (nSPS) is 12.6. The average molecular weight is 250 g/mol. The lowest BCUT2D eigenvalue weighted by Gasteiger charge is -2.07. The molecule has 0 aliphatic rings. The Balaban J connectivity index is 2.33. The highest BCUT2D eigenvalue weighted by Crippen LogP contribution is 2.24. The van der Waals surface area contributed by atoms with Crippen LogP contribution in [0, 0.1) is 19.8 Å². The van der Waals surface area contributed by atoms with Gasteiger partial charge in [-0.3, -0.25) is 4.79 Å². The third-order valence-corrected chi connectivity index (χ3v) is 2.68. The fourth-order valence-electron chi connectivity index (χ4n) is 1.71. The van der Waals surface area contributed by atoms with Crippen molar-refractivity contribution in [1.29, 1.82) is 0 Å². The maximum atomic E-state index is 10.8. The zero-order valence-corrected chi connectivity index (χ0v) is 10.4. The van der Waals surface area contributed by atoms with E-state index in [1.165, 1.54) is 4.68 Å². The molecule has 0 aliphatic carbocycles. The number of carbonyl (C=O) groups is 1. The summed E-state index contributed by atoms with van der Waals surface area (Å²) in [7, 11) is 0. The van der Waals surface area contributed by atoms with Crippen LogP contribution in [0.5, 0.6) is 0 Å². The van der Waals surface area contributed by atoms with Gasteiger partial charge in [0.2, 0.25) is 0 Å². The van der Waals surface area contributed by atoms with Gasteiger partial charge >= 0.3 is 5.97 Å². The first kappa shape index (κ1) is 12.3. The summed E-state index contributed by atoms with van der Waals surface area (Å²) in [6.07, 6.45) is 0. The first-order valence-electron chi connectivity index (χ1n) is 5.55. The molecule has 2 aromatic heterocycles. The molecule has 96 valence electrons. The maximum absolute atomic E-state index is 10.8. The first-order chi connectivity index (χ1) is 8.49. The molecular formula is C11H14N4O3. The molecule has 0 aromatic carbocycles. The van der Waals surface area contributed by atoms with Crippen molar-refractivity contribution < 1.29 is 14.3 Å². The number of aromatic nitrogens is 4. The zero-order chi connectivity index (χ0) is 13.3. The highest BCUT2D eigenvalue weighted by Gasteiger charge is 2.19. The summed E-state index contributed by atoms with van der Waals surface area (Å²) in [6, 6.07) is 1.84. The summed E-state index contributed by atoms with van der Waals surface area (Å²) < 4.78 is 6.90. The molecule has 0 fully saturated rings. The van der Waals surface area contributed by atoms with Crippen LogP contribution < -0.4 is 0 Å². The Kier molecular flexibility index (Phi) is 3.14. The summed E-state index contributed by atoms with van der Waals surface area (Å²) in [5.41, 5.74) is 0.787. The van der Waals surface area contributed by atoms with E-state index in [9.17, 15) is 4.79 Å². The smallest absolute Gasteiger partial charge is 0.308 e. The largest absolute Gasteiger partial charge is 0.481 e. The number of furan rings is 1. The summed E-state index contributed by atoms with van der Waals surface area (Å²) >= 11 is 0. The lowest BCUT2D eigenvalue weighted by atomic mass is 10.2. The molecule has 2 heterocycles. The van der Waals surface area contributed by atoms with Crippen molar-refractivity contribution in [3.63, 3.8) is 0 Å². The van der Waals surface area contributed by atoms with Crippen LogP contribution in [0.2, 0.25) is 0 Å². The molecule has 18 heavy (non-hydrogen) atoms. The molecule has 0 spiro atoms. The number of rotatable bonds is 4. The highest BCUT2D eigenvalue weighted by molar-refractivity contribution is 5.69. The summed E-state index contributed by atoms with van der Waals surface area (Å²) in [4.78, 5) is 10.8. The molecule has 2 aromatic rings. The number of aryl methyl sites for hydroxylation is 2. The van der Waals surface area contributed by atoms with E-state index in [-0.39, 0.29) is 6.54 Å². The molecule has 1 N–H and O–H groups in total. The second-order valence-electron chi connectivity index (χ2n) is 4.25. The van der Waals surface area contributed by atoms with E-state index in [0.29, 0.717) is 11.6 Å². The zero-order valence-electron chi connectivity index (χ0n) is 10.4. The Morgan fingerprint density at radius 2 is 2.28 bits per heavy atom. The molecule has 1 unspecified atom stereocenters. The van der Waals surface area contributed by atoms with Crippen molar-refractivity contribution in [2.45, 2.75) is 27.3 Å². The van der Waals surface area contributed by atoms with Crippen LogP contribution in [0.25, 0.3) is 11.4 Å². The van der Waals surface area contributed by atoms with E-state index in [1.54, 1.807) is 6.92 Å². The number of hydrogen-bond donors (Lipinski definition) is 1. The topological polar surface area (TPSA) is 94.0 Å². The quantitative estimate of drug-likeness (QED) is 0.878. The summed E-state index contributed by atoms with van der Waals surface area (Å²) in [5.74, 6) is 0.574. The fraction of sp³-hybridized carbons (Fsp3) is 0.455. The third-order valence-electron chi connectivity index (χ3n) is 2.68. The predicted molar refractivity (Wildman–Crippen MR) is 61.8 cm³/mol. The van der Waals surface area contributed by atoms with Crippen molar-refractivity contribution in [3.8, 4) is 11.4 Å². The first-order valence-corrected chi connectivity index (χ1v) is 5.55. The summed E-state index contributed by atoms with van der Waals surface area (Å²) in [6.45, 7) is 5.50. The Bertz CT molecular complexity index is 573. The molecule has 7 heteroatoms. The number of hydrogen-bond acceptors (Lipinski definition) is 5. The van der Waals surface area contributed by atoms with E-state index in [0.717, 1.165) is 11.3 Å². The second kappa shape index (κ2) is 4.59. The molecule has 1 atom stereocenters. The van der Waals surface area contributed by atoms with Crippen LogP contribution in [0.3, 0.4) is 0 Å². The number of aliphatic carboxylic acids is 1. The molecule has 0 bridgehead atoms. The second-order valence-corrected chi connectivity index (χ2v) is 4.25. The van der Waals surface area contributed by atoms with Gasteiger partial charge in [0.1, 0.15) is 11.5 Å². The highest BCUT2D eigenvalue weighted by atomic mass is 16.4. The molecular weight excluding hydrogens is 236 g/mol. The molecule has 0 amide bonds. The third kappa shape index (κ3) is 2.24. The van der Waals surface area contributed by atoms with Crippen LogP contribution in [-0.4, -0.2) is 31.3 Å². The number of carboxylic acids is 1. The van der Waals surface area contributed by atoms with Gasteiger partial charge in [0.25, 0.3) is 0 Å². The molecule has 0 saturated heterocycles. The minimum atomic E-state index is -0.878. The van der Waals surface area contributed by atoms with Gasteiger partial charge in [0.05, 0.1) is 18.0 Å². The molecule has 0 radical (unpaired) electrons. The van der Waals surface area contributed by atoms with E-state index in [2.05, 4.69) is 15.5 Å². The van der Waals surface area contributed by atoms with E-state index < -0.39 is 11.9 Å². The van der Waals surface area contributed by atoms with Gasteiger partial charge in [-0.25, -0.2) is 4.68 Å². The Labute approximate surface area is 103 Å². The molecule has 7 nitrogen and oxygen atoms in total. The number of nitrogens with zero attached hydrogens (tertiary/aromatic N) is 4. The van der Waals surface area contributed by atoms with Crippen molar-refractivity contribution in [2.75, 3.05) is 0 Å². The Morgan fingerprint density at radius 1 is 1.56 bits per heavy atom. The molecule has 0 saturated carbocycles. The Hall–Kier alpha value is -2.18. The van der Waals surface area contributed by atoms with Gasteiger partial charge in [-0.2, -0.15) is 0 Å². The minimum Gasteiger partial charge on any atom is -0.481 e. The van der Waals surface area contributed by atoms with E-state index >= 15 is 0 Å². The van der Waals surface area contributed by atoms with Crippen molar-refractivity contribution in [3.05, 3.63) is 17.6 Å². The van der Waals surface area contributed by atoms with Crippen LogP contribution in [-0.2, 0) is 11.3 Å². The maximum Gasteiger partial charge on any atom is 0.308 e. The molecule has 2 rings (SSSR count). The predicted octanol–water partition coefficient (Wildman–Crippen LogP) is 1.27. The van der Waals surface area contributed by atoms with Crippen molar-refractivity contribution >= 4 is 5.97 Å². The Morgan fingerprint density at radius 3 is 2.83 bits per heavy atom. The molecule has 0 aliphatic heterocycles. The van der Waals surface area contributed by atoms with Gasteiger partial charge in [0, 0.05) is 0 Å². The lowest BCUT2D eigenvalue weighted by Crippen LogP contribution is -2.18. The van der Waals surface area contributed by atoms with Crippen LogP contribution in [0.4, 0.5) is 0 Å². The van der Waals surface area contributed by atoms with E-state index in [1.807, 2.05) is 19.9 Å².